The van der Waals surface area contributed by atoms with Crippen LogP contribution in [-0.4, -0.2) is 12.3 Å². The lowest BCUT2D eigenvalue weighted by Crippen LogP contribution is -2.62. The summed E-state index contributed by atoms with van der Waals surface area (Å²) in [5.41, 5.74) is 24.0. The fraction of sp³-hybridized carbons (Fsp3) is 0.344. The molecule has 3 aliphatic heterocycles. The minimum atomic E-state index is -0.0913. The van der Waals surface area contributed by atoms with Crippen LogP contribution in [0.5, 0.6) is 0 Å². The van der Waals surface area contributed by atoms with Gasteiger partial charge in [0.05, 0.1) is 11.2 Å². The molecule has 0 aromatic heterocycles. The van der Waals surface area contributed by atoms with E-state index in [1.165, 1.54) is 114 Å². The number of para-hydroxylation sites is 2. The molecule has 342 valence electrons. The van der Waals surface area contributed by atoms with Crippen molar-refractivity contribution in [2.45, 2.75) is 141 Å². The van der Waals surface area contributed by atoms with Crippen LogP contribution in [0.4, 0.5) is 45.5 Å². The van der Waals surface area contributed by atoms with Gasteiger partial charge in [0.15, 0.2) is 0 Å². The molecule has 4 heteroatoms. The number of hydrogen-bond donors (Lipinski definition) is 0. The van der Waals surface area contributed by atoms with E-state index in [2.05, 4.69) is 243 Å². The van der Waals surface area contributed by atoms with Crippen LogP contribution in [0, 0.1) is 0 Å². The summed E-state index contributed by atoms with van der Waals surface area (Å²) in [6.45, 7) is 29.2. The SMILES string of the molecule is CC(C)(C)c1ccc(N2c3cc4c(cc3B3c5ccccc5N(c5ccccc5)c5cc(N6c7ccc(C(C)(C)C)cc7C7(C)CCC67C)cc2c53)C(C)(C)CCC4(C)C)c(-c2ccccc2)c1. The first-order valence-corrected chi connectivity index (χ1v) is 25.5. The molecular weight excluding hydrogens is 822 g/mol. The van der Waals surface area contributed by atoms with Gasteiger partial charge < -0.3 is 14.7 Å². The molecule has 0 saturated heterocycles. The van der Waals surface area contributed by atoms with E-state index in [1.807, 2.05) is 0 Å². The summed E-state index contributed by atoms with van der Waals surface area (Å²) in [5, 5.41) is 0. The van der Waals surface area contributed by atoms with Crippen molar-refractivity contribution >= 4 is 68.6 Å². The predicted octanol–water partition coefficient (Wildman–Crippen LogP) is 15.3. The molecule has 7 aromatic rings. The van der Waals surface area contributed by atoms with E-state index in [0.29, 0.717) is 0 Å². The molecular formula is C64H68BN3. The highest BCUT2D eigenvalue weighted by atomic mass is 15.3. The Labute approximate surface area is 407 Å². The molecule has 0 radical (unpaired) electrons. The zero-order chi connectivity index (χ0) is 47.5. The van der Waals surface area contributed by atoms with E-state index in [4.69, 9.17) is 0 Å². The van der Waals surface area contributed by atoms with Crippen LogP contribution in [0.25, 0.3) is 11.1 Å². The Morgan fingerprint density at radius 2 is 1.00 bits per heavy atom. The first kappa shape index (κ1) is 43.3. The van der Waals surface area contributed by atoms with Gasteiger partial charge in [-0.1, -0.05) is 167 Å². The Hall–Kier alpha value is -6.00. The molecule has 3 heterocycles. The van der Waals surface area contributed by atoms with Crippen LogP contribution in [-0.2, 0) is 27.1 Å². The largest absolute Gasteiger partial charge is 0.334 e. The molecule has 2 aliphatic carbocycles. The van der Waals surface area contributed by atoms with Crippen molar-refractivity contribution in [1.82, 2.24) is 0 Å². The van der Waals surface area contributed by atoms with Gasteiger partial charge in [-0.25, -0.2) is 0 Å². The van der Waals surface area contributed by atoms with E-state index in [9.17, 15) is 0 Å². The highest BCUT2D eigenvalue weighted by molar-refractivity contribution is 7.00. The maximum Gasteiger partial charge on any atom is 0.252 e. The third kappa shape index (κ3) is 6.04. The second-order valence-corrected chi connectivity index (χ2v) is 24.9. The molecule has 12 rings (SSSR count). The second kappa shape index (κ2) is 14.3. The molecule has 2 atom stereocenters. The lowest BCUT2D eigenvalue weighted by molar-refractivity contribution is 0.133. The molecule has 3 nitrogen and oxygen atoms in total. The quantitative estimate of drug-likeness (QED) is 0.163. The summed E-state index contributed by atoms with van der Waals surface area (Å²) in [7, 11) is 0. The molecule has 68 heavy (non-hydrogen) atoms. The minimum Gasteiger partial charge on any atom is -0.334 e. The lowest BCUT2D eigenvalue weighted by Gasteiger charge is -2.56. The summed E-state index contributed by atoms with van der Waals surface area (Å²) < 4.78 is 0. The number of fused-ring (bicyclic) bond motifs is 8. The molecule has 2 unspecified atom stereocenters. The number of benzene rings is 7. The Bertz CT molecular complexity index is 3200. The Morgan fingerprint density at radius 3 is 1.63 bits per heavy atom. The molecule has 0 spiro atoms. The standard InChI is InChI=1S/C64H68BN3/c1-59(2,3)42-27-29-52(46(35-42)41-21-15-13-16-22-41)67-55-40-48-47(61(7,8)31-32-62(48,9)10)39-51(55)65-50-25-19-20-26-54(50)66(44-23-17-14-18-24-44)56-37-45(38-57(67)58(56)65)68-53-30-28-43(60(4,5)6)36-49(53)63(11)33-34-64(63,68)12/h13-30,35-40H,31-34H2,1-12H3. The first-order valence-electron chi connectivity index (χ1n) is 25.5. The van der Waals surface area contributed by atoms with Crippen molar-refractivity contribution < 1.29 is 0 Å². The molecule has 7 aromatic carbocycles. The van der Waals surface area contributed by atoms with Gasteiger partial charge in [0.2, 0.25) is 0 Å². The van der Waals surface area contributed by atoms with E-state index in [-0.39, 0.29) is 39.3 Å². The number of anilines is 8. The van der Waals surface area contributed by atoms with E-state index in [0.717, 1.165) is 12.8 Å². The highest BCUT2D eigenvalue weighted by Crippen LogP contribution is 2.66. The number of rotatable bonds is 4. The molecule has 1 fully saturated rings. The fourth-order valence-electron chi connectivity index (χ4n) is 13.3. The second-order valence-electron chi connectivity index (χ2n) is 24.9. The van der Waals surface area contributed by atoms with Crippen molar-refractivity contribution in [3.63, 3.8) is 0 Å². The molecule has 1 saturated carbocycles. The van der Waals surface area contributed by atoms with Gasteiger partial charge in [-0.05, 0) is 159 Å². The zero-order valence-corrected chi connectivity index (χ0v) is 42.6. The van der Waals surface area contributed by atoms with Crippen molar-refractivity contribution in [1.29, 1.82) is 0 Å². The Morgan fingerprint density at radius 1 is 0.426 bits per heavy atom. The van der Waals surface area contributed by atoms with Gasteiger partial charge in [0.1, 0.15) is 0 Å². The van der Waals surface area contributed by atoms with Crippen molar-refractivity contribution in [3.8, 4) is 11.1 Å². The van der Waals surface area contributed by atoms with Crippen LogP contribution in [0.1, 0.15) is 137 Å². The Kier molecular flexibility index (Phi) is 9.10. The van der Waals surface area contributed by atoms with Crippen LogP contribution in [0.3, 0.4) is 0 Å². The lowest BCUT2D eigenvalue weighted by atomic mass is 9.33. The third-order valence-corrected chi connectivity index (χ3v) is 17.9. The molecule has 0 bridgehead atoms. The zero-order valence-electron chi connectivity index (χ0n) is 42.6. The van der Waals surface area contributed by atoms with Gasteiger partial charge in [-0.3, -0.25) is 0 Å². The smallest absolute Gasteiger partial charge is 0.252 e. The summed E-state index contributed by atoms with van der Waals surface area (Å²) >= 11 is 0. The fourth-order valence-corrected chi connectivity index (χ4v) is 13.3. The van der Waals surface area contributed by atoms with Gasteiger partial charge in [0, 0.05) is 50.8 Å². The number of hydrogen-bond acceptors (Lipinski definition) is 3. The Balaban J connectivity index is 1.23. The van der Waals surface area contributed by atoms with Crippen LogP contribution in [0.2, 0.25) is 0 Å². The van der Waals surface area contributed by atoms with Crippen molar-refractivity contribution in [2.75, 3.05) is 14.7 Å². The summed E-state index contributed by atoms with van der Waals surface area (Å²) in [4.78, 5) is 8.09. The van der Waals surface area contributed by atoms with Gasteiger partial charge in [-0.15, -0.1) is 0 Å². The minimum absolute atomic E-state index is 0.0258. The summed E-state index contributed by atoms with van der Waals surface area (Å²) in [6.07, 6.45) is 4.65. The van der Waals surface area contributed by atoms with Crippen molar-refractivity contribution in [3.05, 3.63) is 173 Å². The maximum atomic E-state index is 2.78. The average Bonchev–Trinajstić information content (AvgIpc) is 3.44. The maximum absolute atomic E-state index is 2.78. The van der Waals surface area contributed by atoms with Crippen LogP contribution in [0.15, 0.2) is 146 Å². The van der Waals surface area contributed by atoms with Crippen molar-refractivity contribution in [2.24, 2.45) is 0 Å². The highest BCUT2D eigenvalue weighted by Gasteiger charge is 2.63. The molecule has 0 N–H and O–H groups in total. The van der Waals surface area contributed by atoms with Crippen LogP contribution >= 0.6 is 0 Å². The average molecular weight is 890 g/mol. The topological polar surface area (TPSA) is 9.72 Å². The summed E-state index contributed by atoms with van der Waals surface area (Å²) in [5.74, 6) is 0. The van der Waals surface area contributed by atoms with Gasteiger partial charge in [0.25, 0.3) is 6.71 Å². The number of nitrogens with zero attached hydrogens (tertiary/aromatic N) is 3. The van der Waals surface area contributed by atoms with Crippen LogP contribution < -0.4 is 31.1 Å². The molecule has 0 amide bonds. The molecule has 5 aliphatic rings. The van der Waals surface area contributed by atoms with Gasteiger partial charge >= 0.3 is 0 Å². The monoisotopic (exact) mass is 890 g/mol. The van der Waals surface area contributed by atoms with E-state index >= 15 is 0 Å². The van der Waals surface area contributed by atoms with Gasteiger partial charge in [-0.2, -0.15) is 0 Å². The summed E-state index contributed by atoms with van der Waals surface area (Å²) in [6, 6.07) is 56.9. The predicted molar refractivity (Wildman–Crippen MR) is 292 cm³/mol. The first-order chi connectivity index (χ1) is 32.2. The normalized spacial score (nSPS) is 21.5. The van der Waals surface area contributed by atoms with E-state index < -0.39 is 0 Å². The third-order valence-electron chi connectivity index (χ3n) is 17.9. The van der Waals surface area contributed by atoms with E-state index in [1.54, 1.807) is 0 Å².